The molecule has 1 fully saturated rings. The maximum absolute atomic E-state index is 13.2. The van der Waals surface area contributed by atoms with Crippen LogP contribution in [0.2, 0.25) is 0 Å². The molecule has 1 amide bonds. The average molecular weight is 539 g/mol. The predicted octanol–water partition coefficient (Wildman–Crippen LogP) is 2.99. The smallest absolute Gasteiger partial charge is 0.263 e. The Kier molecular flexibility index (Phi) is 7.33. The highest BCUT2D eigenvalue weighted by molar-refractivity contribution is 7.93. The van der Waals surface area contributed by atoms with Crippen molar-refractivity contribution in [2.75, 3.05) is 49.4 Å². The number of aliphatic hydroxyl groups is 1. The Labute approximate surface area is 218 Å². The van der Waals surface area contributed by atoms with Gasteiger partial charge in [-0.15, -0.1) is 0 Å². The van der Waals surface area contributed by atoms with Gasteiger partial charge < -0.3 is 15.3 Å². The lowest BCUT2D eigenvalue weighted by Gasteiger charge is -2.34. The van der Waals surface area contributed by atoms with Gasteiger partial charge in [-0.1, -0.05) is 23.5 Å². The first-order valence-corrected chi connectivity index (χ1v) is 14.1. The van der Waals surface area contributed by atoms with E-state index >= 15 is 0 Å². The molecule has 3 heterocycles. The molecule has 2 aromatic carbocycles. The first-order valence-electron chi connectivity index (χ1n) is 11.8. The van der Waals surface area contributed by atoms with Gasteiger partial charge in [-0.05, 0) is 48.5 Å². The molecule has 0 saturated carbocycles. The second kappa shape index (κ2) is 10.8. The van der Waals surface area contributed by atoms with E-state index in [0.717, 1.165) is 10.2 Å². The molecular weight excluding hydrogens is 512 g/mol. The summed E-state index contributed by atoms with van der Waals surface area (Å²) in [7, 11) is -3.82. The van der Waals surface area contributed by atoms with Gasteiger partial charge in [-0.25, -0.2) is 18.4 Å². The SMILES string of the molecule is O=C(c1cccnc1Nc1ccc(S(=O)(=O)Nc2nc3ccccc3s2)cc1)N1CCN(CCO)CC1. The normalized spacial score (nSPS) is 14.6. The third-order valence-electron chi connectivity index (χ3n) is 6.06. The van der Waals surface area contributed by atoms with Crippen molar-refractivity contribution >= 4 is 54.1 Å². The highest BCUT2D eigenvalue weighted by Gasteiger charge is 2.24. The lowest BCUT2D eigenvalue weighted by Crippen LogP contribution is -2.49. The number of benzene rings is 2. The minimum atomic E-state index is -3.82. The highest BCUT2D eigenvalue weighted by atomic mass is 32.2. The number of hydrogen-bond acceptors (Lipinski definition) is 9. The molecular formula is C25H26N6O4S2. The summed E-state index contributed by atoms with van der Waals surface area (Å²) in [5.41, 5.74) is 1.77. The fourth-order valence-corrected chi connectivity index (χ4v) is 6.21. The summed E-state index contributed by atoms with van der Waals surface area (Å²) in [6, 6.07) is 17.1. The third-order valence-corrected chi connectivity index (χ3v) is 8.49. The number of piperazine rings is 1. The van der Waals surface area contributed by atoms with Gasteiger partial charge in [0.05, 0.1) is 27.3 Å². The van der Waals surface area contributed by atoms with Crippen molar-refractivity contribution in [3.63, 3.8) is 0 Å². The standard InChI is InChI=1S/C25H26N6O4S2/c32-17-16-30-12-14-31(15-13-30)24(33)20-4-3-11-26-23(20)27-18-7-9-19(10-8-18)37(34,35)29-25-28-21-5-1-2-6-22(21)36-25/h1-11,32H,12-17H2,(H,26,27)(H,28,29). The number of carbonyl (C=O) groups excluding carboxylic acids is 1. The van der Waals surface area contributed by atoms with Crippen molar-refractivity contribution in [2.45, 2.75) is 4.90 Å². The molecule has 1 aliphatic rings. The van der Waals surface area contributed by atoms with Crippen LogP contribution in [0.1, 0.15) is 10.4 Å². The molecule has 0 unspecified atom stereocenters. The van der Waals surface area contributed by atoms with Crippen LogP contribution in [0.25, 0.3) is 10.2 Å². The highest BCUT2D eigenvalue weighted by Crippen LogP contribution is 2.28. The van der Waals surface area contributed by atoms with Crippen LogP contribution in [0.4, 0.5) is 16.6 Å². The number of sulfonamides is 1. The average Bonchev–Trinajstić information content (AvgIpc) is 3.31. The van der Waals surface area contributed by atoms with Crippen molar-refractivity contribution in [2.24, 2.45) is 0 Å². The molecule has 192 valence electrons. The number of pyridine rings is 1. The largest absolute Gasteiger partial charge is 0.395 e. The molecule has 0 aliphatic carbocycles. The third kappa shape index (κ3) is 5.72. The van der Waals surface area contributed by atoms with E-state index in [1.54, 1.807) is 35.4 Å². The number of hydrogen-bond donors (Lipinski definition) is 3. The number of carbonyl (C=O) groups is 1. The Morgan fingerprint density at radius 1 is 1.00 bits per heavy atom. The van der Waals surface area contributed by atoms with Gasteiger partial charge in [0.1, 0.15) is 5.82 Å². The number of fused-ring (bicyclic) bond motifs is 1. The minimum Gasteiger partial charge on any atom is -0.395 e. The van der Waals surface area contributed by atoms with Crippen LogP contribution in [0.3, 0.4) is 0 Å². The summed E-state index contributed by atoms with van der Waals surface area (Å²) in [5.74, 6) is 0.270. The molecule has 4 aromatic rings. The van der Waals surface area contributed by atoms with Crippen LogP contribution in [-0.4, -0.2) is 78.5 Å². The van der Waals surface area contributed by atoms with E-state index in [0.29, 0.717) is 54.9 Å². The number of aromatic nitrogens is 2. The second-order valence-corrected chi connectivity index (χ2v) is 11.2. The zero-order chi connectivity index (χ0) is 25.8. The molecule has 2 aromatic heterocycles. The van der Waals surface area contributed by atoms with E-state index < -0.39 is 10.0 Å². The number of nitrogens with one attached hydrogen (secondary N) is 2. The number of nitrogens with zero attached hydrogens (tertiary/aromatic N) is 4. The Bertz CT molecular complexity index is 1470. The van der Waals surface area contributed by atoms with E-state index in [1.165, 1.54) is 23.5 Å². The number of rotatable bonds is 8. The molecule has 37 heavy (non-hydrogen) atoms. The fraction of sp³-hybridized carbons (Fsp3) is 0.240. The van der Waals surface area contributed by atoms with E-state index in [-0.39, 0.29) is 17.4 Å². The van der Waals surface area contributed by atoms with Gasteiger partial charge in [0.2, 0.25) is 0 Å². The molecule has 1 saturated heterocycles. The Morgan fingerprint density at radius 3 is 2.49 bits per heavy atom. The van der Waals surface area contributed by atoms with Crippen molar-refractivity contribution in [1.82, 2.24) is 19.8 Å². The summed E-state index contributed by atoms with van der Waals surface area (Å²) in [6.07, 6.45) is 1.60. The monoisotopic (exact) mass is 538 g/mol. The Morgan fingerprint density at radius 2 is 1.76 bits per heavy atom. The summed E-state index contributed by atoms with van der Waals surface area (Å²) in [6.45, 7) is 3.25. The number of amides is 1. The van der Waals surface area contributed by atoms with Crippen LogP contribution >= 0.6 is 11.3 Å². The number of β-amino-alcohol motifs (C(OH)–C–C–N with tert-alkyl or cyclic N) is 1. The van der Waals surface area contributed by atoms with Crippen LogP contribution in [0.15, 0.2) is 71.8 Å². The molecule has 0 spiro atoms. The van der Waals surface area contributed by atoms with Crippen LogP contribution in [0, 0.1) is 0 Å². The maximum atomic E-state index is 13.2. The maximum Gasteiger partial charge on any atom is 0.263 e. The molecule has 0 radical (unpaired) electrons. The number of aliphatic hydroxyl groups excluding tert-OH is 1. The number of anilines is 3. The van der Waals surface area contributed by atoms with Crippen molar-refractivity contribution in [3.8, 4) is 0 Å². The minimum absolute atomic E-state index is 0.0929. The molecule has 5 rings (SSSR count). The van der Waals surface area contributed by atoms with E-state index in [1.807, 2.05) is 24.3 Å². The zero-order valence-corrected chi connectivity index (χ0v) is 21.5. The van der Waals surface area contributed by atoms with Crippen molar-refractivity contribution in [1.29, 1.82) is 0 Å². The van der Waals surface area contributed by atoms with E-state index in [9.17, 15) is 13.2 Å². The van der Waals surface area contributed by atoms with E-state index in [4.69, 9.17) is 5.11 Å². The summed E-state index contributed by atoms with van der Waals surface area (Å²) in [5, 5.41) is 12.6. The lowest BCUT2D eigenvalue weighted by molar-refractivity contribution is 0.0615. The predicted molar refractivity (Wildman–Crippen MR) is 144 cm³/mol. The topological polar surface area (TPSA) is 128 Å². The summed E-state index contributed by atoms with van der Waals surface area (Å²) >= 11 is 1.27. The molecule has 12 heteroatoms. The van der Waals surface area contributed by atoms with Gasteiger partial charge >= 0.3 is 0 Å². The van der Waals surface area contributed by atoms with Crippen molar-refractivity contribution in [3.05, 3.63) is 72.4 Å². The molecule has 0 bridgehead atoms. The van der Waals surface area contributed by atoms with Gasteiger partial charge in [0.15, 0.2) is 5.13 Å². The van der Waals surface area contributed by atoms with Crippen molar-refractivity contribution < 1.29 is 18.3 Å². The molecule has 3 N–H and O–H groups in total. The Balaban J connectivity index is 1.27. The van der Waals surface area contributed by atoms with Gasteiger partial charge in [0, 0.05) is 44.6 Å². The van der Waals surface area contributed by atoms with Crippen LogP contribution < -0.4 is 10.0 Å². The van der Waals surface area contributed by atoms with E-state index in [2.05, 4.69) is 24.9 Å². The lowest BCUT2D eigenvalue weighted by atomic mass is 10.2. The van der Waals surface area contributed by atoms with Crippen LogP contribution in [0.5, 0.6) is 0 Å². The fourth-order valence-electron chi connectivity index (χ4n) is 4.11. The Hall–Kier alpha value is -3.58. The zero-order valence-electron chi connectivity index (χ0n) is 19.9. The quantitative estimate of drug-likeness (QED) is 0.312. The first kappa shape index (κ1) is 25.1. The molecule has 10 nitrogen and oxygen atoms in total. The first-order chi connectivity index (χ1) is 17.9. The van der Waals surface area contributed by atoms with Gasteiger partial charge in [0.25, 0.3) is 15.9 Å². The van der Waals surface area contributed by atoms with Gasteiger partial charge in [-0.2, -0.15) is 0 Å². The molecule has 0 atom stereocenters. The summed E-state index contributed by atoms with van der Waals surface area (Å²) in [4.78, 5) is 25.8. The number of para-hydroxylation sites is 1. The molecule has 1 aliphatic heterocycles. The van der Waals surface area contributed by atoms with Gasteiger partial charge in [-0.3, -0.25) is 14.4 Å². The second-order valence-electron chi connectivity index (χ2n) is 8.50. The summed E-state index contributed by atoms with van der Waals surface area (Å²) < 4.78 is 29.2. The van der Waals surface area contributed by atoms with Crippen LogP contribution in [-0.2, 0) is 10.0 Å². The number of thiazole rings is 1.